The molecular weight excluding hydrogens is 360 g/mol. The van der Waals surface area contributed by atoms with Gasteiger partial charge < -0.3 is 4.90 Å². The van der Waals surface area contributed by atoms with Gasteiger partial charge in [0.2, 0.25) is 15.9 Å². The quantitative estimate of drug-likeness (QED) is 0.746. The second-order valence-electron chi connectivity index (χ2n) is 8.56. The number of aryl methyl sites for hydroxylation is 2. The minimum absolute atomic E-state index is 0.0464. The van der Waals surface area contributed by atoms with Crippen molar-refractivity contribution in [1.29, 1.82) is 0 Å². The first-order chi connectivity index (χ1) is 12.7. The average Bonchev–Trinajstić information content (AvgIpc) is 3.43. The third-order valence-corrected chi connectivity index (χ3v) is 7.64. The van der Waals surface area contributed by atoms with E-state index in [1.165, 1.54) is 0 Å². The molecule has 0 N–H and O–H groups in total. The summed E-state index contributed by atoms with van der Waals surface area (Å²) in [6, 6.07) is 5.87. The molecule has 1 amide bonds. The molecule has 1 heterocycles. The zero-order valence-electron chi connectivity index (χ0n) is 16.9. The molecule has 1 aliphatic heterocycles. The lowest BCUT2D eigenvalue weighted by molar-refractivity contribution is -0.137. The van der Waals surface area contributed by atoms with Crippen LogP contribution in [-0.4, -0.2) is 49.2 Å². The number of carbonyl (C=O) groups excluding carboxylic acids is 1. The van der Waals surface area contributed by atoms with E-state index in [9.17, 15) is 13.2 Å². The Morgan fingerprint density at radius 1 is 1.15 bits per heavy atom. The van der Waals surface area contributed by atoms with Crippen molar-refractivity contribution in [3.8, 4) is 0 Å². The lowest BCUT2D eigenvalue weighted by atomic mass is 9.96. The normalized spacial score (nSPS) is 19.4. The van der Waals surface area contributed by atoms with Gasteiger partial charge >= 0.3 is 0 Å². The lowest BCUT2D eigenvalue weighted by Gasteiger charge is -2.34. The van der Waals surface area contributed by atoms with Gasteiger partial charge in [-0.3, -0.25) is 4.79 Å². The summed E-state index contributed by atoms with van der Waals surface area (Å²) < 4.78 is 27.6. The van der Waals surface area contributed by atoms with Gasteiger partial charge in [-0.05, 0) is 57.1 Å². The predicted molar refractivity (Wildman–Crippen MR) is 107 cm³/mol. The van der Waals surface area contributed by atoms with Gasteiger partial charge in [0.1, 0.15) is 0 Å². The van der Waals surface area contributed by atoms with E-state index in [2.05, 4.69) is 18.7 Å². The summed E-state index contributed by atoms with van der Waals surface area (Å²) in [4.78, 5) is 15.4. The number of amides is 1. The van der Waals surface area contributed by atoms with Gasteiger partial charge in [-0.25, -0.2) is 8.42 Å². The van der Waals surface area contributed by atoms with E-state index in [0.29, 0.717) is 42.8 Å². The molecular formula is C21H32N2O3S. The first kappa shape index (κ1) is 20.3. The van der Waals surface area contributed by atoms with Crippen LogP contribution in [-0.2, 0) is 14.8 Å². The Bertz CT molecular complexity index is 792. The molecule has 1 aromatic rings. The molecule has 2 aliphatic rings. The number of nitrogens with zero attached hydrogens (tertiary/aromatic N) is 2. The molecule has 6 heteroatoms. The maximum atomic E-state index is 13.0. The standard InChI is InChI=1S/C21H32N2O3S/c1-15(2)14-23(19-6-7-19)21(24)18-9-11-22(12-10-18)27(25,26)20-8-5-16(3)13-17(20)4/h5,8,13,15,18-19H,6-7,9-12,14H2,1-4H3. The number of sulfonamides is 1. The lowest BCUT2D eigenvalue weighted by Crippen LogP contribution is -2.46. The number of hydrogen-bond donors (Lipinski definition) is 0. The van der Waals surface area contributed by atoms with Gasteiger partial charge in [0, 0.05) is 31.6 Å². The summed E-state index contributed by atoms with van der Waals surface area (Å²) in [7, 11) is -3.49. The van der Waals surface area contributed by atoms with Crippen LogP contribution in [0, 0.1) is 25.7 Å². The summed E-state index contributed by atoms with van der Waals surface area (Å²) in [5.74, 6) is 0.643. The van der Waals surface area contributed by atoms with Crippen LogP contribution in [0.5, 0.6) is 0 Å². The van der Waals surface area contributed by atoms with Gasteiger partial charge in [0.15, 0.2) is 0 Å². The van der Waals surface area contributed by atoms with Crippen molar-refractivity contribution in [3.63, 3.8) is 0 Å². The Kier molecular flexibility index (Phi) is 5.96. The van der Waals surface area contributed by atoms with Gasteiger partial charge in [-0.1, -0.05) is 31.5 Å². The Morgan fingerprint density at radius 2 is 1.78 bits per heavy atom. The first-order valence-corrected chi connectivity index (χ1v) is 11.5. The highest BCUT2D eigenvalue weighted by molar-refractivity contribution is 7.89. The SMILES string of the molecule is Cc1ccc(S(=O)(=O)N2CCC(C(=O)N(CC(C)C)C3CC3)CC2)c(C)c1. The van der Waals surface area contributed by atoms with Gasteiger partial charge in [0.25, 0.3) is 0 Å². The summed E-state index contributed by atoms with van der Waals surface area (Å²) >= 11 is 0. The predicted octanol–water partition coefficient (Wildman–Crippen LogP) is 3.35. The second-order valence-corrected chi connectivity index (χ2v) is 10.5. The van der Waals surface area contributed by atoms with Crippen LogP contribution >= 0.6 is 0 Å². The Balaban J connectivity index is 1.66. The van der Waals surface area contributed by atoms with E-state index >= 15 is 0 Å². The summed E-state index contributed by atoms with van der Waals surface area (Å²) in [6.45, 7) is 9.74. The molecule has 0 spiro atoms. The van der Waals surface area contributed by atoms with Crippen molar-refractivity contribution in [2.24, 2.45) is 11.8 Å². The molecule has 3 rings (SSSR count). The van der Waals surface area contributed by atoms with Crippen LogP contribution in [0.2, 0.25) is 0 Å². The minimum Gasteiger partial charge on any atom is -0.339 e. The molecule has 5 nitrogen and oxygen atoms in total. The van der Waals surface area contributed by atoms with Gasteiger partial charge in [0.05, 0.1) is 4.90 Å². The zero-order valence-corrected chi connectivity index (χ0v) is 17.8. The van der Waals surface area contributed by atoms with Crippen molar-refractivity contribution in [2.75, 3.05) is 19.6 Å². The molecule has 1 aromatic carbocycles. The zero-order chi connectivity index (χ0) is 19.8. The highest BCUT2D eigenvalue weighted by Crippen LogP contribution is 2.32. The van der Waals surface area contributed by atoms with Crippen molar-refractivity contribution in [1.82, 2.24) is 9.21 Å². The van der Waals surface area contributed by atoms with Crippen molar-refractivity contribution >= 4 is 15.9 Å². The van der Waals surface area contributed by atoms with Gasteiger partial charge in [-0.2, -0.15) is 4.31 Å². The minimum atomic E-state index is -3.49. The molecule has 0 radical (unpaired) electrons. The highest BCUT2D eigenvalue weighted by atomic mass is 32.2. The molecule has 150 valence electrons. The third kappa shape index (κ3) is 4.54. The van der Waals surface area contributed by atoms with Crippen LogP contribution in [0.15, 0.2) is 23.1 Å². The summed E-state index contributed by atoms with van der Waals surface area (Å²) in [5.41, 5.74) is 1.84. The number of rotatable bonds is 6. The van der Waals surface area contributed by atoms with E-state index in [1.807, 2.05) is 26.0 Å². The molecule has 1 saturated heterocycles. The van der Waals surface area contributed by atoms with Crippen LogP contribution in [0.25, 0.3) is 0 Å². The van der Waals surface area contributed by atoms with Crippen LogP contribution in [0.1, 0.15) is 50.7 Å². The van der Waals surface area contributed by atoms with Gasteiger partial charge in [-0.15, -0.1) is 0 Å². The maximum absolute atomic E-state index is 13.0. The fraction of sp³-hybridized carbons (Fsp3) is 0.667. The Hall–Kier alpha value is -1.40. The summed E-state index contributed by atoms with van der Waals surface area (Å²) in [6.07, 6.45) is 3.45. The van der Waals surface area contributed by atoms with E-state index in [4.69, 9.17) is 0 Å². The fourth-order valence-electron chi connectivity index (χ4n) is 4.00. The van der Waals surface area contributed by atoms with Crippen molar-refractivity contribution < 1.29 is 13.2 Å². The van der Waals surface area contributed by atoms with Crippen molar-refractivity contribution in [3.05, 3.63) is 29.3 Å². The average molecular weight is 393 g/mol. The summed E-state index contributed by atoms with van der Waals surface area (Å²) in [5, 5.41) is 0. The Labute approximate surface area is 163 Å². The van der Waals surface area contributed by atoms with Crippen LogP contribution in [0.4, 0.5) is 0 Å². The number of piperidine rings is 1. The molecule has 1 saturated carbocycles. The Morgan fingerprint density at radius 3 is 2.30 bits per heavy atom. The van der Waals surface area contributed by atoms with Crippen molar-refractivity contribution in [2.45, 2.75) is 64.3 Å². The van der Waals surface area contributed by atoms with E-state index in [0.717, 1.165) is 30.5 Å². The maximum Gasteiger partial charge on any atom is 0.243 e. The monoisotopic (exact) mass is 392 g/mol. The number of carbonyl (C=O) groups is 1. The number of hydrogen-bond acceptors (Lipinski definition) is 3. The molecule has 1 aliphatic carbocycles. The third-order valence-electron chi connectivity index (χ3n) is 5.58. The van der Waals surface area contributed by atoms with E-state index in [1.54, 1.807) is 10.4 Å². The molecule has 0 atom stereocenters. The number of benzene rings is 1. The molecule has 0 aromatic heterocycles. The topological polar surface area (TPSA) is 57.7 Å². The highest BCUT2D eigenvalue weighted by Gasteiger charge is 2.38. The molecule has 2 fully saturated rings. The fourth-order valence-corrected chi connectivity index (χ4v) is 5.68. The van der Waals surface area contributed by atoms with Crippen LogP contribution < -0.4 is 0 Å². The second kappa shape index (κ2) is 7.92. The van der Waals surface area contributed by atoms with E-state index < -0.39 is 10.0 Å². The molecule has 0 unspecified atom stereocenters. The largest absolute Gasteiger partial charge is 0.339 e. The van der Waals surface area contributed by atoms with Crippen LogP contribution in [0.3, 0.4) is 0 Å². The first-order valence-electron chi connectivity index (χ1n) is 10.1. The molecule has 27 heavy (non-hydrogen) atoms. The van der Waals surface area contributed by atoms with E-state index in [-0.39, 0.29) is 11.8 Å². The smallest absolute Gasteiger partial charge is 0.243 e. The molecule has 0 bridgehead atoms.